The van der Waals surface area contributed by atoms with E-state index in [2.05, 4.69) is 37.2 Å². The summed E-state index contributed by atoms with van der Waals surface area (Å²) in [7, 11) is 0. The first-order valence-electron chi connectivity index (χ1n) is 6.73. The molecule has 0 aromatic rings. The lowest BCUT2D eigenvalue weighted by Gasteiger charge is -2.26. The Morgan fingerprint density at radius 2 is 2.00 bits per heavy atom. The molecule has 0 saturated carbocycles. The van der Waals surface area contributed by atoms with Crippen molar-refractivity contribution in [3.05, 3.63) is 0 Å². The zero-order chi connectivity index (χ0) is 12.8. The third-order valence-electron chi connectivity index (χ3n) is 3.35. The van der Waals surface area contributed by atoms with Crippen LogP contribution in [0.4, 0.5) is 0 Å². The highest BCUT2D eigenvalue weighted by Crippen LogP contribution is 2.20. The topological polar surface area (TPSA) is 32.3 Å². The van der Waals surface area contributed by atoms with Gasteiger partial charge in [-0.15, -0.1) is 0 Å². The molecule has 0 aliphatic carbocycles. The molecule has 1 N–H and O–H groups in total. The maximum absolute atomic E-state index is 12.3. The van der Waals surface area contributed by atoms with Crippen molar-refractivity contribution in [1.29, 1.82) is 0 Å². The third-order valence-corrected chi connectivity index (χ3v) is 4.30. The summed E-state index contributed by atoms with van der Waals surface area (Å²) in [5.41, 5.74) is 0. The quantitative estimate of drug-likeness (QED) is 0.761. The van der Waals surface area contributed by atoms with E-state index in [4.69, 9.17) is 0 Å². The van der Waals surface area contributed by atoms with Crippen molar-refractivity contribution in [1.82, 2.24) is 10.2 Å². The zero-order valence-electron chi connectivity index (χ0n) is 11.5. The SMILES string of the molecule is CCCC1NC(CCC)N(CC(C)SC)C1=O. The van der Waals surface area contributed by atoms with Crippen molar-refractivity contribution < 1.29 is 4.79 Å². The van der Waals surface area contributed by atoms with Crippen molar-refractivity contribution in [2.75, 3.05) is 12.8 Å². The van der Waals surface area contributed by atoms with E-state index in [0.29, 0.717) is 11.2 Å². The molecule has 0 radical (unpaired) electrons. The minimum absolute atomic E-state index is 0.0607. The van der Waals surface area contributed by atoms with Crippen LogP contribution in [0.5, 0.6) is 0 Å². The average molecular weight is 258 g/mol. The summed E-state index contributed by atoms with van der Waals surface area (Å²) in [6.07, 6.45) is 6.58. The van der Waals surface area contributed by atoms with Crippen LogP contribution >= 0.6 is 11.8 Å². The van der Waals surface area contributed by atoms with E-state index in [9.17, 15) is 4.79 Å². The van der Waals surface area contributed by atoms with E-state index >= 15 is 0 Å². The van der Waals surface area contributed by atoms with Gasteiger partial charge in [-0.3, -0.25) is 10.1 Å². The lowest BCUT2D eigenvalue weighted by Crippen LogP contribution is -2.40. The molecule has 0 bridgehead atoms. The lowest BCUT2D eigenvalue weighted by molar-refractivity contribution is -0.130. The molecule has 1 aliphatic rings. The largest absolute Gasteiger partial charge is 0.325 e. The fourth-order valence-electron chi connectivity index (χ4n) is 2.32. The normalized spacial score (nSPS) is 26.6. The van der Waals surface area contributed by atoms with Crippen molar-refractivity contribution in [3.63, 3.8) is 0 Å². The van der Waals surface area contributed by atoms with Gasteiger partial charge in [0.2, 0.25) is 5.91 Å². The van der Waals surface area contributed by atoms with Gasteiger partial charge in [-0.2, -0.15) is 11.8 Å². The highest BCUT2D eigenvalue weighted by molar-refractivity contribution is 7.99. The molecule has 0 aromatic carbocycles. The van der Waals surface area contributed by atoms with Gasteiger partial charge in [-0.25, -0.2) is 0 Å². The Kier molecular flexibility index (Phi) is 6.34. The van der Waals surface area contributed by atoms with Crippen LogP contribution in [0.3, 0.4) is 0 Å². The fraction of sp³-hybridized carbons (Fsp3) is 0.923. The van der Waals surface area contributed by atoms with Crippen LogP contribution in [0.15, 0.2) is 0 Å². The second-order valence-corrected chi connectivity index (χ2v) is 6.13. The molecular formula is C13H26N2OS. The molecule has 1 fully saturated rings. The highest BCUT2D eigenvalue weighted by atomic mass is 32.2. The van der Waals surface area contributed by atoms with Gasteiger partial charge in [-0.1, -0.05) is 33.6 Å². The number of rotatable bonds is 7. The second kappa shape index (κ2) is 7.27. The van der Waals surface area contributed by atoms with E-state index in [1.165, 1.54) is 0 Å². The second-order valence-electron chi connectivity index (χ2n) is 4.85. The van der Waals surface area contributed by atoms with Crippen LogP contribution in [0.2, 0.25) is 0 Å². The van der Waals surface area contributed by atoms with Gasteiger partial charge in [0, 0.05) is 11.8 Å². The van der Waals surface area contributed by atoms with Crippen molar-refractivity contribution in [2.45, 2.75) is 63.9 Å². The lowest BCUT2D eigenvalue weighted by atomic mass is 10.2. The summed E-state index contributed by atoms with van der Waals surface area (Å²) >= 11 is 1.83. The van der Waals surface area contributed by atoms with Crippen molar-refractivity contribution >= 4 is 17.7 Å². The Labute approximate surface area is 110 Å². The molecule has 0 aromatic heterocycles. The summed E-state index contributed by atoms with van der Waals surface area (Å²) in [5, 5.41) is 4.00. The third kappa shape index (κ3) is 3.88. The molecule has 1 amide bonds. The molecule has 1 aliphatic heterocycles. The van der Waals surface area contributed by atoms with Gasteiger partial charge in [-0.05, 0) is 19.1 Å². The van der Waals surface area contributed by atoms with Crippen LogP contribution in [0.25, 0.3) is 0 Å². The van der Waals surface area contributed by atoms with E-state index < -0.39 is 0 Å². The summed E-state index contributed by atoms with van der Waals surface area (Å²) in [6, 6.07) is 0.0607. The number of hydrogen-bond acceptors (Lipinski definition) is 3. The van der Waals surface area contributed by atoms with Crippen molar-refractivity contribution in [2.24, 2.45) is 0 Å². The Balaban J connectivity index is 2.64. The number of thioether (sulfide) groups is 1. The number of nitrogens with one attached hydrogen (secondary N) is 1. The Morgan fingerprint density at radius 3 is 2.53 bits per heavy atom. The van der Waals surface area contributed by atoms with Gasteiger partial charge in [0.1, 0.15) is 0 Å². The van der Waals surface area contributed by atoms with Crippen LogP contribution in [-0.4, -0.2) is 41.1 Å². The predicted octanol–water partition coefficient (Wildman–Crippen LogP) is 2.46. The summed E-state index contributed by atoms with van der Waals surface area (Å²) < 4.78 is 0. The first-order valence-corrected chi connectivity index (χ1v) is 8.02. The minimum atomic E-state index is 0.0607. The molecule has 100 valence electrons. The Morgan fingerprint density at radius 1 is 1.35 bits per heavy atom. The van der Waals surface area contributed by atoms with Crippen molar-refractivity contribution in [3.8, 4) is 0 Å². The smallest absolute Gasteiger partial charge is 0.241 e. The first kappa shape index (κ1) is 14.8. The molecule has 17 heavy (non-hydrogen) atoms. The molecular weight excluding hydrogens is 232 g/mol. The number of carbonyl (C=O) groups is 1. The van der Waals surface area contributed by atoms with E-state index in [1.54, 1.807) is 0 Å². The van der Waals surface area contributed by atoms with Crippen LogP contribution in [0.1, 0.15) is 46.5 Å². The summed E-state index contributed by atoms with van der Waals surface area (Å²) in [5.74, 6) is 0.311. The monoisotopic (exact) mass is 258 g/mol. The maximum Gasteiger partial charge on any atom is 0.241 e. The maximum atomic E-state index is 12.3. The van der Waals surface area contributed by atoms with E-state index in [-0.39, 0.29) is 12.2 Å². The standard InChI is InChI=1S/C13H26N2OS/c1-5-7-11-13(16)15(9-10(3)17-4)12(14-11)8-6-2/h10-12,14H,5-9H2,1-4H3. The van der Waals surface area contributed by atoms with Gasteiger partial charge in [0.05, 0.1) is 12.2 Å². The highest BCUT2D eigenvalue weighted by Gasteiger charge is 2.37. The average Bonchev–Trinajstić information content (AvgIpc) is 2.59. The Bertz CT molecular complexity index is 248. The van der Waals surface area contributed by atoms with Gasteiger partial charge in [0.25, 0.3) is 0 Å². The van der Waals surface area contributed by atoms with E-state index in [0.717, 1.165) is 32.2 Å². The number of nitrogens with zero attached hydrogens (tertiary/aromatic N) is 1. The number of hydrogen-bond donors (Lipinski definition) is 1. The molecule has 4 heteroatoms. The molecule has 3 unspecified atom stereocenters. The number of amides is 1. The number of carbonyl (C=O) groups excluding carboxylic acids is 1. The summed E-state index contributed by atoms with van der Waals surface area (Å²) in [6.45, 7) is 7.37. The van der Waals surface area contributed by atoms with Crippen LogP contribution < -0.4 is 5.32 Å². The molecule has 3 atom stereocenters. The van der Waals surface area contributed by atoms with Crippen LogP contribution in [0, 0.1) is 0 Å². The molecule has 3 nitrogen and oxygen atoms in total. The zero-order valence-corrected chi connectivity index (χ0v) is 12.3. The minimum Gasteiger partial charge on any atom is -0.325 e. The summed E-state index contributed by atoms with van der Waals surface area (Å²) in [4.78, 5) is 14.3. The molecule has 1 rings (SSSR count). The predicted molar refractivity (Wildman–Crippen MR) is 75.2 cm³/mol. The van der Waals surface area contributed by atoms with Crippen LogP contribution in [-0.2, 0) is 4.79 Å². The molecule has 1 saturated heterocycles. The molecule has 1 heterocycles. The van der Waals surface area contributed by atoms with Gasteiger partial charge >= 0.3 is 0 Å². The fourth-order valence-corrected chi connectivity index (χ4v) is 2.63. The van der Waals surface area contributed by atoms with Gasteiger partial charge < -0.3 is 4.90 Å². The first-order chi connectivity index (χ1) is 8.13. The Hall–Kier alpha value is -0.220. The van der Waals surface area contributed by atoms with Gasteiger partial charge in [0.15, 0.2) is 0 Å². The van der Waals surface area contributed by atoms with E-state index in [1.807, 2.05) is 11.8 Å². The molecule has 0 spiro atoms.